The van der Waals surface area contributed by atoms with Crippen molar-refractivity contribution in [3.63, 3.8) is 0 Å². The molecule has 1 unspecified atom stereocenters. The van der Waals surface area contributed by atoms with E-state index in [9.17, 15) is 19.5 Å². The van der Waals surface area contributed by atoms with Gasteiger partial charge in [0.05, 0.1) is 0 Å². The molecule has 0 saturated carbocycles. The van der Waals surface area contributed by atoms with Crippen molar-refractivity contribution in [3.8, 4) is 11.1 Å². The van der Waals surface area contributed by atoms with Gasteiger partial charge in [-0.25, -0.2) is 9.59 Å². The van der Waals surface area contributed by atoms with Crippen LogP contribution in [0.1, 0.15) is 48.9 Å². The van der Waals surface area contributed by atoms with Gasteiger partial charge in [-0.2, -0.15) is 0 Å². The summed E-state index contributed by atoms with van der Waals surface area (Å²) in [4.78, 5) is 37.6. The lowest BCUT2D eigenvalue weighted by Gasteiger charge is -2.29. The monoisotopic (exact) mass is 472 g/mol. The molecule has 180 valence electrons. The largest absolute Gasteiger partial charge is 0.479 e. The molecular weight excluding hydrogens is 444 g/mol. The summed E-state index contributed by atoms with van der Waals surface area (Å²) in [6.07, 6.45) is -0.498. The molecule has 4 rings (SSSR count). The SMILES string of the molecule is CCC(C)(NC(=O)OCC1c2ccccc2-c2ccccc21)C(=O)N[C@@H](C(=O)O)c1ccccc1. The van der Waals surface area contributed by atoms with E-state index < -0.39 is 29.6 Å². The van der Waals surface area contributed by atoms with Gasteiger partial charge in [-0.3, -0.25) is 4.79 Å². The van der Waals surface area contributed by atoms with Gasteiger partial charge in [0.2, 0.25) is 5.91 Å². The van der Waals surface area contributed by atoms with Crippen LogP contribution in [0.3, 0.4) is 0 Å². The third kappa shape index (κ3) is 4.89. The van der Waals surface area contributed by atoms with Crippen LogP contribution >= 0.6 is 0 Å². The van der Waals surface area contributed by atoms with Gasteiger partial charge >= 0.3 is 12.1 Å². The van der Waals surface area contributed by atoms with Gasteiger partial charge in [-0.05, 0) is 41.2 Å². The summed E-state index contributed by atoms with van der Waals surface area (Å²) >= 11 is 0. The van der Waals surface area contributed by atoms with Crippen LogP contribution < -0.4 is 10.6 Å². The summed E-state index contributed by atoms with van der Waals surface area (Å²) in [6, 6.07) is 23.2. The molecule has 0 aromatic heterocycles. The summed E-state index contributed by atoms with van der Waals surface area (Å²) in [7, 11) is 0. The van der Waals surface area contributed by atoms with Crippen molar-refractivity contribution in [2.24, 2.45) is 0 Å². The fourth-order valence-corrected chi connectivity index (χ4v) is 4.39. The minimum Gasteiger partial charge on any atom is -0.479 e. The molecule has 1 aliphatic rings. The lowest BCUT2D eigenvalue weighted by atomic mass is 9.96. The highest BCUT2D eigenvalue weighted by molar-refractivity contribution is 5.92. The van der Waals surface area contributed by atoms with Gasteiger partial charge in [0.25, 0.3) is 0 Å². The highest BCUT2D eigenvalue weighted by Gasteiger charge is 2.37. The Hall–Kier alpha value is -4.13. The zero-order valence-electron chi connectivity index (χ0n) is 19.7. The predicted octanol–water partition coefficient (Wildman–Crippen LogP) is 4.64. The second-order valence-electron chi connectivity index (χ2n) is 8.79. The Kier molecular flexibility index (Phi) is 6.87. The Morgan fingerprint density at radius 3 is 2.00 bits per heavy atom. The summed E-state index contributed by atoms with van der Waals surface area (Å²) in [5.74, 6) is -1.90. The van der Waals surface area contributed by atoms with Crippen LogP contribution in [0.25, 0.3) is 11.1 Å². The van der Waals surface area contributed by atoms with Gasteiger partial charge in [0.1, 0.15) is 12.1 Å². The molecule has 0 saturated heterocycles. The van der Waals surface area contributed by atoms with Gasteiger partial charge in [-0.15, -0.1) is 0 Å². The fraction of sp³-hybridized carbons (Fsp3) is 0.250. The predicted molar refractivity (Wildman–Crippen MR) is 132 cm³/mol. The molecule has 2 atom stereocenters. The van der Waals surface area contributed by atoms with E-state index in [0.717, 1.165) is 22.3 Å². The van der Waals surface area contributed by atoms with Crippen molar-refractivity contribution < 1.29 is 24.2 Å². The minimum atomic E-state index is -1.36. The Morgan fingerprint density at radius 2 is 1.46 bits per heavy atom. The number of aliphatic carboxylic acids is 1. The first-order chi connectivity index (χ1) is 16.8. The number of carboxylic acids is 1. The second kappa shape index (κ2) is 10.0. The molecule has 0 aliphatic heterocycles. The molecule has 0 radical (unpaired) electrons. The molecule has 0 heterocycles. The van der Waals surface area contributed by atoms with E-state index >= 15 is 0 Å². The molecular formula is C28H28N2O5. The molecule has 7 heteroatoms. The minimum absolute atomic E-state index is 0.107. The number of ether oxygens (including phenoxy) is 1. The molecule has 35 heavy (non-hydrogen) atoms. The van der Waals surface area contributed by atoms with Gasteiger partial charge in [0.15, 0.2) is 6.04 Å². The maximum absolute atomic E-state index is 13.1. The number of amides is 2. The highest BCUT2D eigenvalue weighted by atomic mass is 16.5. The molecule has 0 spiro atoms. The number of benzene rings is 3. The number of hydrogen-bond donors (Lipinski definition) is 3. The summed E-state index contributed by atoms with van der Waals surface area (Å²) in [5.41, 5.74) is 3.50. The maximum atomic E-state index is 13.1. The van der Waals surface area contributed by atoms with Gasteiger partial charge < -0.3 is 20.5 Å². The molecule has 3 N–H and O–H groups in total. The highest BCUT2D eigenvalue weighted by Crippen LogP contribution is 2.44. The molecule has 0 bridgehead atoms. The molecule has 0 fully saturated rings. The third-order valence-electron chi connectivity index (χ3n) is 6.59. The summed E-state index contributed by atoms with van der Waals surface area (Å²) in [5, 5.41) is 14.8. The van der Waals surface area contributed by atoms with E-state index in [1.165, 1.54) is 0 Å². The number of hydrogen-bond acceptors (Lipinski definition) is 4. The summed E-state index contributed by atoms with van der Waals surface area (Å²) in [6.45, 7) is 3.40. The molecule has 1 aliphatic carbocycles. The third-order valence-corrected chi connectivity index (χ3v) is 6.59. The van der Waals surface area contributed by atoms with Crippen LogP contribution in [-0.4, -0.2) is 35.2 Å². The molecule has 7 nitrogen and oxygen atoms in total. The number of fused-ring (bicyclic) bond motifs is 3. The molecule has 2 amide bonds. The number of carbonyl (C=O) groups excluding carboxylic acids is 2. The lowest BCUT2D eigenvalue weighted by Crippen LogP contribution is -2.57. The van der Waals surface area contributed by atoms with Crippen LogP contribution in [0.4, 0.5) is 4.79 Å². The van der Waals surface area contributed by atoms with Crippen molar-refractivity contribution in [1.29, 1.82) is 0 Å². The van der Waals surface area contributed by atoms with Crippen molar-refractivity contribution >= 4 is 18.0 Å². The number of carboxylic acid groups (broad SMARTS) is 1. The number of carbonyl (C=O) groups is 3. The molecule has 3 aromatic rings. The first-order valence-corrected chi connectivity index (χ1v) is 11.6. The van der Waals surface area contributed by atoms with Crippen LogP contribution in [-0.2, 0) is 14.3 Å². The number of alkyl carbamates (subject to hydrolysis) is 1. The zero-order valence-corrected chi connectivity index (χ0v) is 19.7. The lowest BCUT2D eigenvalue weighted by molar-refractivity contribution is -0.143. The molecule has 3 aromatic carbocycles. The van der Waals surface area contributed by atoms with E-state index in [-0.39, 0.29) is 18.9 Å². The van der Waals surface area contributed by atoms with Crippen molar-refractivity contribution in [3.05, 3.63) is 95.6 Å². The first-order valence-electron chi connectivity index (χ1n) is 11.6. The smallest absolute Gasteiger partial charge is 0.408 e. The fourth-order valence-electron chi connectivity index (χ4n) is 4.39. The van der Waals surface area contributed by atoms with Crippen LogP contribution in [0, 0.1) is 0 Å². The topological polar surface area (TPSA) is 105 Å². The van der Waals surface area contributed by atoms with E-state index in [0.29, 0.717) is 5.56 Å². The van der Waals surface area contributed by atoms with Crippen molar-refractivity contribution in [1.82, 2.24) is 10.6 Å². The average molecular weight is 473 g/mol. The standard InChI is InChI=1S/C28H28N2O5/c1-3-28(2,26(33)29-24(25(31)32)18-11-5-4-6-12-18)30-27(34)35-17-23-21-15-9-7-13-19(21)20-14-8-10-16-22(20)23/h4-16,23-24H,3,17H2,1-2H3,(H,29,33)(H,30,34)(H,31,32)/t24-,28?/m1/s1. The first kappa shape index (κ1) is 24.0. The summed E-state index contributed by atoms with van der Waals surface area (Å²) < 4.78 is 5.58. The van der Waals surface area contributed by atoms with Gasteiger partial charge in [0, 0.05) is 5.92 Å². The maximum Gasteiger partial charge on any atom is 0.408 e. The second-order valence-corrected chi connectivity index (χ2v) is 8.79. The number of rotatable bonds is 8. The van der Waals surface area contributed by atoms with E-state index in [2.05, 4.69) is 22.8 Å². The van der Waals surface area contributed by atoms with Crippen molar-refractivity contribution in [2.45, 2.75) is 37.8 Å². The van der Waals surface area contributed by atoms with Gasteiger partial charge in [-0.1, -0.05) is 85.8 Å². The van der Waals surface area contributed by atoms with Crippen LogP contribution in [0.15, 0.2) is 78.9 Å². The Morgan fingerprint density at radius 1 is 0.914 bits per heavy atom. The Bertz CT molecular complexity index is 1200. The number of nitrogens with one attached hydrogen (secondary N) is 2. The Balaban J connectivity index is 1.44. The van der Waals surface area contributed by atoms with E-state index in [4.69, 9.17) is 4.74 Å². The Labute approximate surface area is 204 Å². The van der Waals surface area contributed by atoms with Crippen LogP contribution in [0.2, 0.25) is 0 Å². The average Bonchev–Trinajstić information content (AvgIpc) is 3.19. The van der Waals surface area contributed by atoms with E-state index in [1.54, 1.807) is 44.2 Å². The quantitative estimate of drug-likeness (QED) is 0.443. The van der Waals surface area contributed by atoms with Crippen molar-refractivity contribution in [2.75, 3.05) is 6.61 Å². The van der Waals surface area contributed by atoms with Crippen LogP contribution in [0.5, 0.6) is 0 Å². The van der Waals surface area contributed by atoms with E-state index in [1.807, 2.05) is 36.4 Å². The normalized spacial score (nSPS) is 14.7. The zero-order chi connectivity index (χ0) is 25.0.